The molecule has 2 aromatic heterocycles. The molecule has 5 aromatic rings. The number of hydrogen-bond donors (Lipinski definition) is 1. The number of benzene rings is 3. The molecule has 36 heavy (non-hydrogen) atoms. The molecule has 0 bridgehead atoms. The van der Waals surface area contributed by atoms with Crippen molar-refractivity contribution in [3.8, 4) is 16.5 Å². The first kappa shape index (κ1) is 23.2. The van der Waals surface area contributed by atoms with E-state index < -0.39 is 6.10 Å². The Morgan fingerprint density at radius 3 is 2.69 bits per heavy atom. The van der Waals surface area contributed by atoms with Gasteiger partial charge in [-0.05, 0) is 73.3 Å². The molecule has 3 heterocycles. The van der Waals surface area contributed by atoms with Gasteiger partial charge in [0, 0.05) is 16.6 Å². The van der Waals surface area contributed by atoms with Crippen molar-refractivity contribution in [3.63, 3.8) is 0 Å². The van der Waals surface area contributed by atoms with E-state index in [2.05, 4.69) is 63.6 Å². The Balaban J connectivity index is 1.04. The minimum Gasteiger partial charge on any atom is -0.490 e. The molecule has 1 fully saturated rings. The molecule has 0 saturated carbocycles. The van der Waals surface area contributed by atoms with Crippen LogP contribution in [0.5, 0.6) is 5.75 Å². The SMILES string of the molecule is Cc1noc(-c2cc3c(OC[C@@H](O)CN4CCC(c5ccc6ccccc6c5)CC4)cccc3s2)n1. The Morgan fingerprint density at radius 2 is 1.89 bits per heavy atom. The quantitative estimate of drug-likeness (QED) is 0.295. The summed E-state index contributed by atoms with van der Waals surface area (Å²) < 4.78 is 12.5. The molecule has 0 spiro atoms. The monoisotopic (exact) mass is 499 g/mol. The van der Waals surface area contributed by atoms with E-state index in [1.165, 1.54) is 16.3 Å². The average Bonchev–Trinajstić information content (AvgIpc) is 3.54. The van der Waals surface area contributed by atoms with E-state index in [4.69, 9.17) is 9.26 Å². The Bertz CT molecular complexity index is 1490. The minimum atomic E-state index is -0.547. The molecule has 1 aliphatic rings. The summed E-state index contributed by atoms with van der Waals surface area (Å²) in [6.07, 6.45) is 1.67. The van der Waals surface area contributed by atoms with Gasteiger partial charge in [-0.15, -0.1) is 11.3 Å². The number of piperidine rings is 1. The molecule has 0 aliphatic carbocycles. The number of hydrogen-bond acceptors (Lipinski definition) is 7. The van der Waals surface area contributed by atoms with Crippen LogP contribution in [0.1, 0.15) is 30.1 Å². The standard InChI is InChI=1S/C29H29N3O3S/c1-19-30-29(35-31-19)28-16-25-26(7-4-8-27(25)36-28)34-18-24(33)17-32-13-11-21(12-14-32)23-10-9-20-5-2-3-6-22(20)15-23/h2-10,15-16,21,24,33H,11-14,17-18H2,1H3/t24-/m0/s1. The third kappa shape index (κ3) is 4.87. The van der Waals surface area contributed by atoms with Crippen molar-refractivity contribution in [2.75, 3.05) is 26.2 Å². The molecule has 3 aromatic carbocycles. The number of aliphatic hydroxyl groups is 1. The molecule has 184 valence electrons. The summed E-state index contributed by atoms with van der Waals surface area (Å²) >= 11 is 1.59. The van der Waals surface area contributed by atoms with Gasteiger partial charge < -0.3 is 19.3 Å². The summed E-state index contributed by atoms with van der Waals surface area (Å²) in [5, 5.41) is 18.2. The van der Waals surface area contributed by atoms with E-state index in [1.54, 1.807) is 11.3 Å². The van der Waals surface area contributed by atoms with Gasteiger partial charge in [-0.1, -0.05) is 53.7 Å². The van der Waals surface area contributed by atoms with Crippen LogP contribution in [0.25, 0.3) is 31.6 Å². The number of aryl methyl sites for hydroxylation is 1. The lowest BCUT2D eigenvalue weighted by molar-refractivity contribution is 0.0599. The van der Waals surface area contributed by atoms with Crippen LogP contribution in [0.4, 0.5) is 0 Å². The van der Waals surface area contributed by atoms with Crippen molar-refractivity contribution in [1.82, 2.24) is 15.0 Å². The molecule has 7 heteroatoms. The molecular weight excluding hydrogens is 470 g/mol. The lowest BCUT2D eigenvalue weighted by atomic mass is 9.88. The van der Waals surface area contributed by atoms with Gasteiger partial charge in [0.25, 0.3) is 5.89 Å². The second kappa shape index (κ2) is 10.0. The minimum absolute atomic E-state index is 0.258. The van der Waals surface area contributed by atoms with Crippen LogP contribution in [0.15, 0.2) is 71.3 Å². The van der Waals surface area contributed by atoms with Gasteiger partial charge in [-0.25, -0.2) is 0 Å². The third-order valence-corrected chi connectivity index (χ3v) is 8.08. The van der Waals surface area contributed by atoms with Crippen LogP contribution in [-0.2, 0) is 0 Å². The summed E-state index contributed by atoms with van der Waals surface area (Å²) in [5.74, 6) is 2.47. The first-order valence-corrected chi connectivity index (χ1v) is 13.3. The normalized spacial score (nSPS) is 16.1. The van der Waals surface area contributed by atoms with Crippen LogP contribution in [0.3, 0.4) is 0 Å². The first-order valence-electron chi connectivity index (χ1n) is 12.5. The average molecular weight is 500 g/mol. The molecular formula is C29H29N3O3S. The lowest BCUT2D eigenvalue weighted by Gasteiger charge is -2.33. The van der Waals surface area contributed by atoms with Gasteiger partial charge in [0.15, 0.2) is 5.82 Å². The maximum atomic E-state index is 10.7. The van der Waals surface area contributed by atoms with Crippen molar-refractivity contribution in [1.29, 1.82) is 0 Å². The fourth-order valence-electron chi connectivity index (χ4n) is 5.11. The van der Waals surface area contributed by atoms with Crippen LogP contribution >= 0.6 is 11.3 Å². The number of aromatic nitrogens is 2. The number of aliphatic hydroxyl groups excluding tert-OH is 1. The van der Waals surface area contributed by atoms with Gasteiger partial charge in [-0.3, -0.25) is 0 Å². The van der Waals surface area contributed by atoms with Gasteiger partial charge in [0.2, 0.25) is 0 Å². The number of ether oxygens (including phenoxy) is 1. The fourth-order valence-corrected chi connectivity index (χ4v) is 6.11. The van der Waals surface area contributed by atoms with Crippen molar-refractivity contribution >= 4 is 32.2 Å². The molecule has 1 atom stereocenters. The highest BCUT2D eigenvalue weighted by atomic mass is 32.1. The topological polar surface area (TPSA) is 71.6 Å². The molecule has 0 radical (unpaired) electrons. The van der Waals surface area contributed by atoms with E-state index in [0.29, 0.717) is 24.2 Å². The summed E-state index contributed by atoms with van der Waals surface area (Å²) in [7, 11) is 0. The highest BCUT2D eigenvalue weighted by Gasteiger charge is 2.23. The Labute approximate surface area is 214 Å². The van der Waals surface area contributed by atoms with Crippen molar-refractivity contribution in [3.05, 3.63) is 78.1 Å². The number of fused-ring (bicyclic) bond motifs is 2. The van der Waals surface area contributed by atoms with E-state index in [0.717, 1.165) is 46.6 Å². The van der Waals surface area contributed by atoms with Crippen LogP contribution in [0.2, 0.25) is 0 Å². The third-order valence-electron chi connectivity index (χ3n) is 6.99. The van der Waals surface area contributed by atoms with Crippen LogP contribution in [-0.4, -0.2) is 52.5 Å². The highest BCUT2D eigenvalue weighted by Crippen LogP contribution is 2.37. The molecule has 0 unspecified atom stereocenters. The number of β-amino-alcohol motifs (C(OH)–C–C–N with tert-alkyl or cyclic N) is 1. The maximum Gasteiger partial charge on any atom is 0.268 e. The Kier molecular flexibility index (Phi) is 6.44. The lowest BCUT2D eigenvalue weighted by Crippen LogP contribution is -2.40. The molecule has 6 nitrogen and oxygen atoms in total. The second-order valence-corrected chi connectivity index (χ2v) is 10.7. The van der Waals surface area contributed by atoms with Gasteiger partial charge in [0.1, 0.15) is 18.5 Å². The summed E-state index contributed by atoms with van der Waals surface area (Å²) in [5.41, 5.74) is 1.43. The summed E-state index contributed by atoms with van der Waals surface area (Å²) in [6.45, 7) is 4.66. The van der Waals surface area contributed by atoms with E-state index in [1.807, 2.05) is 25.1 Å². The number of nitrogens with zero attached hydrogens (tertiary/aromatic N) is 3. The second-order valence-electron chi connectivity index (χ2n) is 9.57. The number of likely N-dealkylation sites (tertiary alicyclic amines) is 1. The van der Waals surface area contributed by atoms with Gasteiger partial charge in [-0.2, -0.15) is 4.98 Å². The van der Waals surface area contributed by atoms with Gasteiger partial charge >= 0.3 is 0 Å². The zero-order chi connectivity index (χ0) is 24.5. The number of thiophene rings is 1. The van der Waals surface area contributed by atoms with Crippen LogP contribution < -0.4 is 4.74 Å². The molecule has 0 amide bonds. The first-order chi connectivity index (χ1) is 17.6. The molecule has 1 saturated heterocycles. The van der Waals surface area contributed by atoms with E-state index in [-0.39, 0.29) is 6.61 Å². The largest absolute Gasteiger partial charge is 0.490 e. The van der Waals surface area contributed by atoms with Crippen molar-refractivity contribution < 1.29 is 14.4 Å². The van der Waals surface area contributed by atoms with Crippen molar-refractivity contribution in [2.45, 2.75) is 31.8 Å². The maximum absolute atomic E-state index is 10.7. The zero-order valence-electron chi connectivity index (χ0n) is 20.3. The zero-order valence-corrected chi connectivity index (χ0v) is 21.1. The summed E-state index contributed by atoms with van der Waals surface area (Å²) in [4.78, 5) is 7.60. The number of rotatable bonds is 7. The van der Waals surface area contributed by atoms with E-state index >= 15 is 0 Å². The molecule has 1 aliphatic heterocycles. The smallest absolute Gasteiger partial charge is 0.268 e. The van der Waals surface area contributed by atoms with E-state index in [9.17, 15) is 5.11 Å². The summed E-state index contributed by atoms with van der Waals surface area (Å²) in [6, 6.07) is 23.4. The molecule has 6 rings (SSSR count). The molecule has 1 N–H and O–H groups in total. The predicted octanol–water partition coefficient (Wildman–Crippen LogP) is 6.03. The predicted molar refractivity (Wildman–Crippen MR) is 144 cm³/mol. The highest BCUT2D eigenvalue weighted by molar-refractivity contribution is 7.22. The Morgan fingerprint density at radius 1 is 1.06 bits per heavy atom. The fraction of sp³-hybridized carbons (Fsp3) is 0.310. The van der Waals surface area contributed by atoms with Gasteiger partial charge in [0.05, 0.1) is 4.88 Å². The van der Waals surface area contributed by atoms with Crippen molar-refractivity contribution in [2.24, 2.45) is 0 Å². The van der Waals surface area contributed by atoms with Crippen LogP contribution in [0, 0.1) is 6.92 Å². The Hall–Kier alpha value is -3.26.